The van der Waals surface area contributed by atoms with E-state index < -0.39 is 0 Å². The molecule has 0 amide bonds. The first kappa shape index (κ1) is 20.2. The molecule has 2 N–H and O–H groups in total. The largest absolute Gasteiger partial charge is 0.298 e. The second kappa shape index (κ2) is 8.07. The van der Waals surface area contributed by atoms with Gasteiger partial charge in [0.15, 0.2) is 0 Å². The van der Waals surface area contributed by atoms with E-state index in [0.717, 1.165) is 40.4 Å². The number of aromatic nitrogens is 2. The average molecular weight is 451 g/mol. The van der Waals surface area contributed by atoms with Gasteiger partial charge in [0, 0.05) is 19.5 Å². The average Bonchev–Trinajstić information content (AvgIpc) is 3.30. The van der Waals surface area contributed by atoms with Gasteiger partial charge in [-0.3, -0.25) is 20.8 Å². The summed E-state index contributed by atoms with van der Waals surface area (Å²) >= 11 is 3.15. The molecular weight excluding hydrogens is 432 g/mol. The Morgan fingerprint density at radius 2 is 1.44 bits per heavy atom. The summed E-state index contributed by atoms with van der Waals surface area (Å²) in [6, 6.07) is 12.2. The molecule has 2 aliphatic carbocycles. The molecule has 1 aromatic heterocycles. The second-order valence-corrected chi connectivity index (χ2v) is 9.25. The first-order valence-corrected chi connectivity index (χ1v) is 11.6. The molecule has 4 aliphatic rings. The zero-order valence-electron chi connectivity index (χ0n) is 17.1. The molecule has 32 heavy (non-hydrogen) atoms. The molecule has 0 radical (unpaired) electrons. The summed E-state index contributed by atoms with van der Waals surface area (Å²) in [6.45, 7) is 8.22. The fraction of sp³-hybridized carbons (Fsp3) is 0. The van der Waals surface area contributed by atoms with E-state index in [0.29, 0.717) is 5.69 Å². The van der Waals surface area contributed by atoms with Crippen LogP contribution in [0.25, 0.3) is 25.3 Å². The van der Waals surface area contributed by atoms with Gasteiger partial charge in [-0.25, -0.2) is 0 Å². The molecule has 5 rings (SSSR count). The van der Waals surface area contributed by atoms with Crippen molar-refractivity contribution in [3.8, 4) is 0 Å². The SMILES string of the molecule is C=c1ccc2ccs/c(=C/C(=N)c3ncc(/C=c4/sccc5ccc(=C)c4=5)ncc3=N)c1=2. The lowest BCUT2D eigenvalue weighted by atomic mass is 10.2. The number of hydrogen-bond acceptors (Lipinski definition) is 6. The Balaban J connectivity index is 1.64. The highest BCUT2D eigenvalue weighted by Crippen LogP contribution is 2.00. The maximum Gasteiger partial charge on any atom is 0.114 e. The van der Waals surface area contributed by atoms with Gasteiger partial charge in [-0.15, -0.1) is 22.7 Å². The monoisotopic (exact) mass is 450 g/mol. The van der Waals surface area contributed by atoms with E-state index in [1.54, 1.807) is 34.9 Å². The van der Waals surface area contributed by atoms with Crippen LogP contribution in [0.1, 0.15) is 11.4 Å². The van der Waals surface area contributed by atoms with E-state index in [9.17, 15) is 0 Å². The van der Waals surface area contributed by atoms with Gasteiger partial charge in [0.1, 0.15) is 11.1 Å². The molecule has 0 saturated carbocycles. The van der Waals surface area contributed by atoms with E-state index in [2.05, 4.69) is 35.3 Å². The Hall–Kier alpha value is -3.74. The van der Waals surface area contributed by atoms with Crippen molar-refractivity contribution in [1.29, 1.82) is 10.8 Å². The smallest absolute Gasteiger partial charge is 0.114 e. The predicted octanol–water partition coefficient (Wildman–Crippen LogP) is 2.03. The van der Waals surface area contributed by atoms with Gasteiger partial charge < -0.3 is 0 Å². The van der Waals surface area contributed by atoms with Gasteiger partial charge in [0.25, 0.3) is 0 Å². The fourth-order valence-electron chi connectivity index (χ4n) is 3.71. The third-order valence-corrected chi connectivity index (χ3v) is 6.96. The number of nitrogens with one attached hydrogen (secondary N) is 2. The predicted molar refractivity (Wildman–Crippen MR) is 132 cm³/mol. The van der Waals surface area contributed by atoms with Gasteiger partial charge >= 0.3 is 0 Å². The molecule has 1 aromatic rings. The third kappa shape index (κ3) is 3.60. The summed E-state index contributed by atoms with van der Waals surface area (Å²) < 4.78 is 1.97. The minimum absolute atomic E-state index is 0.105. The Morgan fingerprint density at radius 3 is 2.12 bits per heavy atom. The van der Waals surface area contributed by atoms with Gasteiger partial charge in [0.2, 0.25) is 0 Å². The lowest BCUT2D eigenvalue weighted by Gasteiger charge is -1.95. The van der Waals surface area contributed by atoms with Gasteiger partial charge in [-0.2, -0.15) is 0 Å². The van der Waals surface area contributed by atoms with Crippen LogP contribution >= 0.6 is 22.7 Å². The Kier molecular flexibility index (Phi) is 5.09. The van der Waals surface area contributed by atoms with Crippen LogP contribution < -0.4 is 24.9 Å². The van der Waals surface area contributed by atoms with Crippen LogP contribution in [0, 0.1) is 31.7 Å². The molecule has 0 unspecified atom stereocenters. The molecular formula is C26H18N4S2. The lowest BCUT2D eigenvalue weighted by Crippen LogP contribution is -2.17. The zero-order valence-corrected chi connectivity index (χ0v) is 18.7. The van der Waals surface area contributed by atoms with Crippen LogP contribution in [0.4, 0.5) is 0 Å². The summed E-state index contributed by atoms with van der Waals surface area (Å²) in [5, 5.41) is 27.4. The number of hydrogen-bond donors (Lipinski definition) is 2. The van der Waals surface area contributed by atoms with E-state index in [-0.39, 0.29) is 16.8 Å². The summed E-state index contributed by atoms with van der Waals surface area (Å²) in [7, 11) is 0. The van der Waals surface area contributed by atoms with Crippen LogP contribution in [-0.2, 0) is 0 Å². The van der Waals surface area contributed by atoms with Crippen molar-refractivity contribution in [2.75, 3.05) is 0 Å². The van der Waals surface area contributed by atoms with Gasteiger partial charge in [-0.1, -0.05) is 37.4 Å². The molecule has 4 nitrogen and oxygen atoms in total. The quantitative estimate of drug-likeness (QED) is 0.413. The van der Waals surface area contributed by atoms with Crippen LogP contribution in [0.3, 0.4) is 0 Å². The Labute approximate surface area is 190 Å². The first-order valence-electron chi connectivity index (χ1n) is 9.85. The molecule has 0 bridgehead atoms. The van der Waals surface area contributed by atoms with E-state index in [4.69, 9.17) is 10.8 Å². The van der Waals surface area contributed by atoms with Gasteiger partial charge in [0.05, 0.1) is 23.8 Å². The summed E-state index contributed by atoms with van der Waals surface area (Å²) in [5.74, 6) is 0. The molecule has 0 aromatic carbocycles. The van der Waals surface area contributed by atoms with E-state index >= 15 is 0 Å². The number of rotatable bonds is 3. The van der Waals surface area contributed by atoms with Crippen molar-refractivity contribution >= 4 is 53.7 Å². The number of nitrogens with zero attached hydrogens (tertiary/aromatic N) is 2. The van der Waals surface area contributed by atoms with Crippen LogP contribution in [-0.4, -0.2) is 15.7 Å². The Morgan fingerprint density at radius 1 is 0.812 bits per heavy atom. The third-order valence-electron chi connectivity index (χ3n) is 5.26. The molecule has 2 aliphatic heterocycles. The van der Waals surface area contributed by atoms with Crippen molar-refractivity contribution in [2.45, 2.75) is 0 Å². The molecule has 154 valence electrons. The van der Waals surface area contributed by atoms with Crippen LogP contribution in [0.15, 0.2) is 59.6 Å². The minimum atomic E-state index is 0.105. The van der Waals surface area contributed by atoms with Gasteiger partial charge in [-0.05, 0) is 55.9 Å². The normalized spacial score (nSPS) is 12.6. The maximum atomic E-state index is 8.60. The molecule has 0 fully saturated rings. The first-order chi connectivity index (χ1) is 15.5. The second-order valence-electron chi connectivity index (χ2n) is 7.35. The molecule has 0 saturated heterocycles. The maximum absolute atomic E-state index is 8.60. The van der Waals surface area contributed by atoms with E-state index in [1.165, 1.54) is 6.20 Å². The minimum Gasteiger partial charge on any atom is -0.298 e. The lowest BCUT2D eigenvalue weighted by molar-refractivity contribution is 1.18. The highest BCUT2D eigenvalue weighted by atomic mass is 32.1. The topological polar surface area (TPSA) is 73.5 Å². The van der Waals surface area contributed by atoms with Crippen LogP contribution in [0.5, 0.6) is 0 Å². The fourth-order valence-corrected chi connectivity index (χ4v) is 5.54. The molecule has 3 heterocycles. The highest BCUT2D eigenvalue weighted by molar-refractivity contribution is 7.07. The summed E-state index contributed by atoms with van der Waals surface area (Å²) in [6.07, 6.45) is 6.78. The molecule has 6 heteroatoms. The zero-order chi connectivity index (χ0) is 22.2. The van der Waals surface area contributed by atoms with E-state index in [1.807, 2.05) is 41.1 Å². The summed E-state index contributed by atoms with van der Waals surface area (Å²) in [5.41, 5.74) is 1.08. The molecule has 0 atom stereocenters. The van der Waals surface area contributed by atoms with Crippen LogP contribution in [0.2, 0.25) is 0 Å². The van der Waals surface area contributed by atoms with Crippen molar-refractivity contribution in [3.63, 3.8) is 0 Å². The summed E-state index contributed by atoms with van der Waals surface area (Å²) in [4.78, 5) is 8.88. The standard InChI is InChI=1S/C26H18N4S2/c1-15-3-5-17-7-9-31-22(24(15)17)11-19-13-30-26(21(28)14-29-19)20(27)12-23-25-16(2)4-6-18(25)8-10-32-23/h3-14,27-28H,1-2H2/b22-11+,23-12+,27-20?,28-21?. The molecule has 0 spiro atoms. The van der Waals surface area contributed by atoms with Crippen molar-refractivity contribution < 1.29 is 0 Å². The van der Waals surface area contributed by atoms with Crippen molar-refractivity contribution in [1.82, 2.24) is 9.97 Å². The van der Waals surface area contributed by atoms with Crippen molar-refractivity contribution in [3.05, 3.63) is 117 Å². The highest BCUT2D eigenvalue weighted by Gasteiger charge is 2.04. The van der Waals surface area contributed by atoms with Crippen molar-refractivity contribution in [2.24, 2.45) is 0 Å². The Bertz CT molecular complexity index is 1920.